The minimum Gasteiger partial charge on any atom is -0.475 e. The molecule has 36 heavy (non-hydrogen) atoms. The molecule has 3 atom stereocenters. The zero-order chi connectivity index (χ0) is 27.3. The molecule has 0 radical (unpaired) electrons. The van der Waals surface area contributed by atoms with E-state index in [1.54, 1.807) is 6.92 Å². The van der Waals surface area contributed by atoms with Gasteiger partial charge in [0.05, 0.1) is 12.6 Å². The van der Waals surface area contributed by atoms with Gasteiger partial charge in [0.25, 0.3) is 0 Å². The van der Waals surface area contributed by atoms with Crippen LogP contribution in [0.25, 0.3) is 0 Å². The number of carbonyl (C=O) groups excluding carboxylic acids is 1. The van der Waals surface area contributed by atoms with Crippen molar-refractivity contribution in [1.29, 1.82) is 0 Å². The first-order chi connectivity index (χ1) is 16.6. The first kappa shape index (κ1) is 29.4. The first-order valence-electron chi connectivity index (χ1n) is 11.2. The Morgan fingerprint density at radius 3 is 1.94 bits per heavy atom. The number of carbonyl (C=O) groups is 3. The van der Waals surface area contributed by atoms with Crippen LogP contribution in [0.5, 0.6) is 0 Å². The van der Waals surface area contributed by atoms with E-state index in [1.165, 1.54) is 25.9 Å². The van der Waals surface area contributed by atoms with Crippen LogP contribution in [-0.4, -0.2) is 91.7 Å². The van der Waals surface area contributed by atoms with Gasteiger partial charge in [-0.2, -0.15) is 31.4 Å². The topological polar surface area (TPSA) is 116 Å². The molecule has 9 nitrogen and oxygen atoms in total. The third-order valence-corrected chi connectivity index (χ3v) is 6.12. The lowest BCUT2D eigenvalue weighted by molar-refractivity contribution is -0.193. The van der Waals surface area contributed by atoms with Crippen molar-refractivity contribution >= 4 is 17.8 Å². The smallest absolute Gasteiger partial charge is 0.475 e. The van der Waals surface area contributed by atoms with E-state index in [9.17, 15) is 31.1 Å². The zero-order valence-corrected chi connectivity index (χ0v) is 19.4. The third kappa shape index (κ3) is 8.99. The van der Waals surface area contributed by atoms with E-state index < -0.39 is 24.3 Å². The number of fused-ring (bicyclic) bond motifs is 1. The Kier molecular flexibility index (Phi) is 9.74. The molecule has 3 aliphatic rings. The van der Waals surface area contributed by atoms with Crippen LogP contribution in [0.4, 0.5) is 26.3 Å². The highest BCUT2D eigenvalue weighted by Crippen LogP contribution is 2.38. The first-order valence-corrected chi connectivity index (χ1v) is 11.2. The van der Waals surface area contributed by atoms with E-state index in [0.717, 1.165) is 31.8 Å². The fraction of sp³-hybridized carbons (Fsp3) is 0.714. The van der Waals surface area contributed by atoms with Crippen LogP contribution in [0.3, 0.4) is 0 Å². The third-order valence-electron chi connectivity index (χ3n) is 6.12. The van der Waals surface area contributed by atoms with Crippen molar-refractivity contribution in [2.24, 2.45) is 11.8 Å². The summed E-state index contributed by atoms with van der Waals surface area (Å²) in [6, 6.07) is 2.72. The summed E-state index contributed by atoms with van der Waals surface area (Å²) in [4.78, 5) is 34.8. The number of hydrogen-bond acceptors (Lipinski definition) is 5. The summed E-state index contributed by atoms with van der Waals surface area (Å²) in [6.07, 6.45) is -1.23. The summed E-state index contributed by atoms with van der Waals surface area (Å²) in [7, 11) is 0. The molecule has 0 bridgehead atoms. The molecular formula is C21H28F6N4O5. The van der Waals surface area contributed by atoms with E-state index in [1.807, 2.05) is 23.1 Å². The molecule has 2 saturated heterocycles. The standard InChI is InChI=1S/C17H26N4O.2C2HF3O2/c1-13(22)21-16(12-20-7-2-6-18-20)9-15-11-19(8-5-17(15)21)10-14-3-4-14;2*3-2(4,5)1(6)7/h2,6-7,14-17H,3-5,8-12H2,1H3;2*(H,6,7)/t15-,16+,17+;;/m1../s1. The average Bonchev–Trinajstić information content (AvgIpc) is 3.27. The van der Waals surface area contributed by atoms with Crippen molar-refractivity contribution in [3.8, 4) is 0 Å². The Morgan fingerprint density at radius 2 is 1.53 bits per heavy atom. The lowest BCUT2D eigenvalue weighted by Gasteiger charge is -2.38. The minimum atomic E-state index is -5.08. The maximum Gasteiger partial charge on any atom is 0.490 e. The Hall–Kier alpha value is -2.84. The Morgan fingerprint density at radius 1 is 0.972 bits per heavy atom. The molecule has 204 valence electrons. The van der Waals surface area contributed by atoms with Crippen molar-refractivity contribution in [2.75, 3.05) is 19.6 Å². The maximum absolute atomic E-state index is 12.2. The second-order valence-electron chi connectivity index (χ2n) is 8.97. The second-order valence-corrected chi connectivity index (χ2v) is 8.97. The summed E-state index contributed by atoms with van der Waals surface area (Å²) in [6.45, 7) is 6.20. The lowest BCUT2D eigenvalue weighted by Crippen LogP contribution is -2.49. The number of rotatable bonds is 4. The summed E-state index contributed by atoms with van der Waals surface area (Å²) < 4.78 is 65.4. The van der Waals surface area contributed by atoms with Gasteiger partial charge in [-0.15, -0.1) is 0 Å². The Bertz CT molecular complexity index is 864. The molecule has 3 heterocycles. The number of carboxylic acids is 2. The Balaban J connectivity index is 0.000000271. The second kappa shape index (κ2) is 11.9. The summed E-state index contributed by atoms with van der Waals surface area (Å²) in [5, 5.41) is 18.6. The highest BCUT2D eigenvalue weighted by atomic mass is 19.4. The van der Waals surface area contributed by atoms with Gasteiger partial charge in [-0.1, -0.05) is 0 Å². The number of halogens is 6. The molecule has 1 amide bonds. The Labute approximate surface area is 202 Å². The SMILES string of the molecule is CC(=O)N1[C@H](Cn2cccn2)C[C@@H]2CN(CC3CC3)CC[C@@H]21.O=C(O)C(F)(F)F.O=C(O)C(F)(F)F. The van der Waals surface area contributed by atoms with E-state index >= 15 is 0 Å². The van der Waals surface area contributed by atoms with Crippen LogP contribution < -0.4 is 0 Å². The van der Waals surface area contributed by atoms with Gasteiger partial charge >= 0.3 is 24.3 Å². The van der Waals surface area contributed by atoms with E-state index in [2.05, 4.69) is 14.9 Å². The molecule has 15 heteroatoms. The highest BCUT2D eigenvalue weighted by Gasteiger charge is 2.45. The van der Waals surface area contributed by atoms with Gasteiger partial charge in [-0.05, 0) is 43.6 Å². The summed E-state index contributed by atoms with van der Waals surface area (Å²) in [5.74, 6) is -3.67. The zero-order valence-electron chi connectivity index (χ0n) is 19.4. The molecule has 1 aromatic heterocycles. The number of aliphatic carboxylic acids is 2. The van der Waals surface area contributed by atoms with Crippen LogP contribution in [0, 0.1) is 11.8 Å². The largest absolute Gasteiger partial charge is 0.490 e. The predicted octanol–water partition coefficient (Wildman–Crippen LogP) is 2.87. The number of likely N-dealkylation sites (tertiary alicyclic amines) is 2. The van der Waals surface area contributed by atoms with Crippen molar-refractivity contribution in [3.05, 3.63) is 18.5 Å². The number of amides is 1. The van der Waals surface area contributed by atoms with Gasteiger partial charge in [0, 0.05) is 45.0 Å². The maximum atomic E-state index is 12.2. The normalized spacial score (nSPS) is 24.1. The molecule has 3 fully saturated rings. The lowest BCUT2D eigenvalue weighted by atomic mass is 9.92. The monoisotopic (exact) mass is 530 g/mol. The summed E-state index contributed by atoms with van der Waals surface area (Å²) in [5.41, 5.74) is 0. The van der Waals surface area contributed by atoms with Gasteiger partial charge in [0.1, 0.15) is 0 Å². The van der Waals surface area contributed by atoms with Gasteiger partial charge in [-0.25, -0.2) is 9.59 Å². The van der Waals surface area contributed by atoms with Gasteiger partial charge in [0.15, 0.2) is 0 Å². The minimum absolute atomic E-state index is 0.236. The molecular weight excluding hydrogens is 502 g/mol. The van der Waals surface area contributed by atoms with Crippen LogP contribution in [0.1, 0.15) is 32.6 Å². The van der Waals surface area contributed by atoms with Crippen LogP contribution in [0.15, 0.2) is 18.5 Å². The van der Waals surface area contributed by atoms with Gasteiger partial charge < -0.3 is 20.0 Å². The molecule has 0 spiro atoms. The average molecular weight is 530 g/mol. The molecule has 1 saturated carbocycles. The van der Waals surface area contributed by atoms with Crippen molar-refractivity contribution in [3.63, 3.8) is 0 Å². The van der Waals surface area contributed by atoms with Crippen LogP contribution in [-0.2, 0) is 20.9 Å². The number of hydrogen-bond donors (Lipinski definition) is 2. The number of alkyl halides is 6. The fourth-order valence-corrected chi connectivity index (χ4v) is 4.54. The highest BCUT2D eigenvalue weighted by molar-refractivity contribution is 5.74. The number of nitrogens with zero attached hydrogens (tertiary/aromatic N) is 4. The molecule has 1 aromatic rings. The van der Waals surface area contributed by atoms with Gasteiger partial charge in [-0.3, -0.25) is 9.48 Å². The van der Waals surface area contributed by atoms with Crippen molar-refractivity contribution < 1.29 is 50.9 Å². The van der Waals surface area contributed by atoms with Gasteiger partial charge in [0.2, 0.25) is 5.91 Å². The predicted molar refractivity (Wildman–Crippen MR) is 112 cm³/mol. The molecule has 0 unspecified atom stereocenters. The van der Waals surface area contributed by atoms with E-state index in [-0.39, 0.29) is 5.91 Å². The van der Waals surface area contributed by atoms with Crippen molar-refractivity contribution in [1.82, 2.24) is 19.6 Å². The molecule has 2 N–H and O–H groups in total. The molecule has 0 aromatic carbocycles. The van der Waals surface area contributed by atoms with E-state index in [0.29, 0.717) is 18.0 Å². The number of piperidine rings is 1. The van der Waals surface area contributed by atoms with Crippen molar-refractivity contribution in [2.45, 2.75) is 63.6 Å². The van der Waals surface area contributed by atoms with Crippen LogP contribution >= 0.6 is 0 Å². The quantitative estimate of drug-likeness (QED) is 0.576. The molecule has 1 aliphatic carbocycles. The molecule has 2 aliphatic heterocycles. The van der Waals surface area contributed by atoms with E-state index in [4.69, 9.17) is 19.8 Å². The number of carboxylic acid groups (broad SMARTS) is 2. The number of aromatic nitrogens is 2. The fourth-order valence-electron chi connectivity index (χ4n) is 4.54. The van der Waals surface area contributed by atoms with Crippen LogP contribution in [0.2, 0.25) is 0 Å². The molecule has 4 rings (SSSR count). The summed E-state index contributed by atoms with van der Waals surface area (Å²) >= 11 is 0.